The number of aromatic nitrogens is 3. The highest BCUT2D eigenvalue weighted by atomic mass is 19.4. The van der Waals surface area contributed by atoms with Gasteiger partial charge in [-0.05, 0) is 25.0 Å². The van der Waals surface area contributed by atoms with Crippen LogP contribution < -0.4 is 4.74 Å². The molecule has 2 aromatic heterocycles. The molecule has 0 spiro atoms. The normalized spacial score (nSPS) is 14.3. The summed E-state index contributed by atoms with van der Waals surface area (Å²) >= 11 is 0. The Hall–Kier alpha value is -2.38. The third-order valence-corrected chi connectivity index (χ3v) is 3.91. The van der Waals surface area contributed by atoms with E-state index in [-0.39, 0.29) is 19.4 Å². The van der Waals surface area contributed by atoms with Crippen LogP contribution in [0.3, 0.4) is 0 Å². The summed E-state index contributed by atoms with van der Waals surface area (Å²) in [6, 6.07) is 1.65. The molecule has 0 unspecified atom stereocenters. The van der Waals surface area contributed by atoms with Crippen LogP contribution in [0.15, 0.2) is 24.0 Å². The summed E-state index contributed by atoms with van der Waals surface area (Å²) in [6.07, 6.45) is -0.0993. The number of rotatable bonds is 4. The van der Waals surface area contributed by atoms with E-state index in [4.69, 9.17) is 4.74 Å². The zero-order valence-corrected chi connectivity index (χ0v) is 12.9. The number of hydrogen-bond acceptors (Lipinski definition) is 3. The highest BCUT2D eigenvalue weighted by Crippen LogP contribution is 2.37. The van der Waals surface area contributed by atoms with Gasteiger partial charge in [0.2, 0.25) is 0 Å². The highest BCUT2D eigenvalue weighted by molar-refractivity contribution is 5.68. The molecule has 0 bridgehead atoms. The summed E-state index contributed by atoms with van der Waals surface area (Å²) < 4.78 is 58.1. The lowest BCUT2D eigenvalue weighted by Gasteiger charge is -2.16. The number of alkyl halides is 4. The van der Waals surface area contributed by atoms with Crippen molar-refractivity contribution in [2.75, 3.05) is 13.3 Å². The first kappa shape index (κ1) is 16.5. The van der Waals surface area contributed by atoms with Crippen LogP contribution in [0.5, 0.6) is 5.75 Å². The van der Waals surface area contributed by atoms with Gasteiger partial charge < -0.3 is 9.30 Å². The average Bonchev–Trinajstić information content (AvgIpc) is 2.89. The predicted molar refractivity (Wildman–Crippen MR) is 80.3 cm³/mol. The third-order valence-electron chi connectivity index (χ3n) is 3.91. The van der Waals surface area contributed by atoms with E-state index in [9.17, 15) is 17.6 Å². The van der Waals surface area contributed by atoms with Gasteiger partial charge in [0, 0.05) is 24.5 Å². The molecule has 0 atom stereocenters. The van der Waals surface area contributed by atoms with Gasteiger partial charge >= 0.3 is 6.18 Å². The minimum Gasteiger partial charge on any atom is -0.488 e. The zero-order valence-electron chi connectivity index (χ0n) is 12.9. The summed E-state index contributed by atoms with van der Waals surface area (Å²) in [4.78, 5) is 8.27. The van der Waals surface area contributed by atoms with Crippen molar-refractivity contribution in [3.05, 3.63) is 35.4 Å². The third kappa shape index (κ3) is 3.00. The lowest BCUT2D eigenvalue weighted by atomic mass is 10.00. The number of pyridine rings is 1. The van der Waals surface area contributed by atoms with Crippen molar-refractivity contribution in [2.24, 2.45) is 7.05 Å². The quantitative estimate of drug-likeness (QED) is 0.796. The Kier molecular flexibility index (Phi) is 4.29. The Balaban J connectivity index is 2.04. The van der Waals surface area contributed by atoms with Gasteiger partial charge in [0.25, 0.3) is 0 Å². The van der Waals surface area contributed by atoms with Crippen LogP contribution >= 0.6 is 0 Å². The van der Waals surface area contributed by atoms with Crippen molar-refractivity contribution < 1.29 is 22.3 Å². The molecule has 8 heteroatoms. The van der Waals surface area contributed by atoms with E-state index >= 15 is 0 Å². The molecule has 0 radical (unpaired) electrons. The summed E-state index contributed by atoms with van der Waals surface area (Å²) in [5.74, 6) is 0.816. The number of imidazole rings is 1. The first-order valence-electron chi connectivity index (χ1n) is 7.38. The number of nitrogens with zero attached hydrogens (tertiary/aromatic N) is 3. The minimum absolute atomic E-state index is 0.0724. The number of hydrogen-bond donors (Lipinski definition) is 0. The fourth-order valence-electron chi connectivity index (χ4n) is 2.75. The van der Waals surface area contributed by atoms with Crippen LogP contribution in [0.2, 0.25) is 0 Å². The number of allylic oxidation sites excluding steroid dienone is 1. The molecule has 1 aliphatic rings. The Morgan fingerprint density at radius 1 is 1.29 bits per heavy atom. The van der Waals surface area contributed by atoms with E-state index in [0.29, 0.717) is 22.8 Å². The van der Waals surface area contributed by atoms with Crippen LogP contribution in [0, 0.1) is 0 Å². The summed E-state index contributed by atoms with van der Waals surface area (Å²) in [5, 5.41) is 0. The van der Waals surface area contributed by atoms with Crippen LogP contribution in [-0.2, 0) is 13.5 Å². The Morgan fingerprint density at radius 3 is 2.79 bits per heavy atom. The van der Waals surface area contributed by atoms with Crippen molar-refractivity contribution in [1.29, 1.82) is 0 Å². The van der Waals surface area contributed by atoms with Crippen LogP contribution in [0.4, 0.5) is 17.6 Å². The van der Waals surface area contributed by atoms with Gasteiger partial charge in [-0.1, -0.05) is 0 Å². The van der Waals surface area contributed by atoms with Gasteiger partial charge in [-0.3, -0.25) is 4.98 Å². The van der Waals surface area contributed by atoms with Gasteiger partial charge in [-0.25, -0.2) is 9.37 Å². The minimum atomic E-state index is -4.35. The molecule has 2 heterocycles. The second kappa shape index (κ2) is 6.26. The fourth-order valence-corrected chi connectivity index (χ4v) is 2.75. The molecule has 4 nitrogen and oxygen atoms in total. The number of ether oxygens (including phenoxy) is 1. The zero-order chi connectivity index (χ0) is 17.3. The predicted octanol–water partition coefficient (Wildman–Crippen LogP) is 3.72. The molecule has 0 aliphatic heterocycles. The summed E-state index contributed by atoms with van der Waals surface area (Å²) in [7, 11) is 1.74. The van der Waals surface area contributed by atoms with Crippen LogP contribution in [0.25, 0.3) is 17.5 Å². The second-order valence-electron chi connectivity index (χ2n) is 5.40. The van der Waals surface area contributed by atoms with Crippen LogP contribution in [-0.4, -0.2) is 34.0 Å². The largest absolute Gasteiger partial charge is 0.488 e. The van der Waals surface area contributed by atoms with Crippen LogP contribution in [0.1, 0.15) is 17.8 Å². The molecule has 0 aromatic carbocycles. The Labute approximate surface area is 135 Å². The van der Waals surface area contributed by atoms with Gasteiger partial charge in [-0.2, -0.15) is 13.2 Å². The van der Waals surface area contributed by atoms with Crippen molar-refractivity contribution in [3.63, 3.8) is 0 Å². The molecule has 0 saturated carbocycles. The average molecular weight is 341 g/mol. The van der Waals surface area contributed by atoms with Gasteiger partial charge in [-0.15, -0.1) is 0 Å². The molecule has 24 heavy (non-hydrogen) atoms. The van der Waals surface area contributed by atoms with Crippen molar-refractivity contribution in [3.8, 4) is 17.1 Å². The lowest BCUT2D eigenvalue weighted by molar-refractivity contribution is -0.0931. The summed E-state index contributed by atoms with van der Waals surface area (Å²) in [6.45, 7) is -0.774. The van der Waals surface area contributed by atoms with E-state index in [1.165, 1.54) is 12.4 Å². The first-order chi connectivity index (χ1) is 11.4. The second-order valence-corrected chi connectivity index (χ2v) is 5.40. The van der Waals surface area contributed by atoms with Gasteiger partial charge in [0.15, 0.2) is 0 Å². The lowest BCUT2D eigenvalue weighted by Crippen LogP contribution is -2.16. The van der Waals surface area contributed by atoms with E-state index < -0.39 is 18.4 Å². The molecule has 1 aliphatic carbocycles. The molecule has 128 valence electrons. The monoisotopic (exact) mass is 341 g/mol. The molecule has 0 amide bonds. The molecular formula is C16H15F4N3O. The van der Waals surface area contributed by atoms with Gasteiger partial charge in [0.05, 0.1) is 17.5 Å². The Morgan fingerprint density at radius 2 is 2.08 bits per heavy atom. The molecule has 0 saturated heterocycles. The SMILES string of the molecule is Cn1c(-c2ccncc2OCCF)nc2c1CCC(C(F)(F)F)=C2. The molecule has 0 N–H and O–H groups in total. The maximum atomic E-state index is 12.9. The maximum Gasteiger partial charge on any atom is 0.412 e. The van der Waals surface area contributed by atoms with Gasteiger partial charge in [0.1, 0.15) is 24.9 Å². The van der Waals surface area contributed by atoms with E-state index in [0.717, 1.165) is 11.8 Å². The smallest absolute Gasteiger partial charge is 0.412 e. The van der Waals surface area contributed by atoms with Crippen molar-refractivity contribution in [1.82, 2.24) is 14.5 Å². The number of fused-ring (bicyclic) bond motifs is 1. The topological polar surface area (TPSA) is 39.9 Å². The van der Waals surface area contributed by atoms with E-state index in [2.05, 4.69) is 9.97 Å². The van der Waals surface area contributed by atoms with Crippen molar-refractivity contribution in [2.45, 2.75) is 19.0 Å². The fraction of sp³-hybridized carbons (Fsp3) is 0.375. The summed E-state index contributed by atoms with van der Waals surface area (Å²) in [5.41, 5.74) is 1.02. The highest BCUT2D eigenvalue weighted by Gasteiger charge is 2.36. The van der Waals surface area contributed by atoms with E-state index in [1.807, 2.05) is 0 Å². The standard InChI is InChI=1S/C16H15F4N3O/c1-23-13-3-2-10(16(18,19)20)8-12(13)22-15(23)11-4-6-21-9-14(11)24-7-5-17/h4,6,8-9H,2-3,5,7H2,1H3. The van der Waals surface area contributed by atoms with Crippen molar-refractivity contribution >= 4 is 6.08 Å². The molecule has 2 aromatic rings. The molecular weight excluding hydrogens is 326 g/mol. The molecule has 3 rings (SSSR count). The maximum absolute atomic E-state index is 12.9. The molecule has 0 fully saturated rings. The Bertz CT molecular complexity index is 780. The first-order valence-corrected chi connectivity index (χ1v) is 7.38. The number of halogens is 4. The van der Waals surface area contributed by atoms with E-state index in [1.54, 1.807) is 17.7 Å².